The number of benzene rings is 1. The zero-order chi connectivity index (χ0) is 34.4. The number of aliphatic hydroxyl groups excluding tert-OH is 1. The van der Waals surface area contributed by atoms with Crippen LogP contribution in [0.2, 0.25) is 0 Å². The van der Waals surface area contributed by atoms with Crippen molar-refractivity contribution < 1.29 is 46.9 Å². The Labute approximate surface area is 275 Å². The molecule has 5 atom stereocenters. The van der Waals surface area contributed by atoms with E-state index in [1.807, 2.05) is 4.72 Å². The van der Waals surface area contributed by atoms with Crippen molar-refractivity contribution in [2.45, 2.75) is 65.1 Å². The summed E-state index contributed by atoms with van der Waals surface area (Å²) in [5, 5.41) is 16.8. The lowest BCUT2D eigenvalue weighted by molar-refractivity contribution is -0.128. The van der Waals surface area contributed by atoms with Gasteiger partial charge in [-0.2, -0.15) is 13.1 Å². The average Bonchev–Trinajstić information content (AvgIpc) is 3.66. The number of amides is 4. The second-order valence-electron chi connectivity index (χ2n) is 11.7. The van der Waals surface area contributed by atoms with Crippen LogP contribution >= 0.6 is 0 Å². The van der Waals surface area contributed by atoms with Gasteiger partial charge in [-0.1, -0.05) is 26.0 Å². The molecule has 15 nitrogen and oxygen atoms in total. The van der Waals surface area contributed by atoms with E-state index in [0.717, 1.165) is 25.7 Å². The first-order valence-corrected chi connectivity index (χ1v) is 17.1. The first kappa shape index (κ1) is 37.5. The lowest BCUT2D eigenvalue weighted by atomic mass is 10.0. The van der Waals surface area contributed by atoms with Crippen LogP contribution in [0, 0.1) is 35.5 Å². The highest BCUT2D eigenvalue weighted by Crippen LogP contribution is 2.52. The fourth-order valence-electron chi connectivity index (χ4n) is 5.19. The van der Waals surface area contributed by atoms with Crippen molar-refractivity contribution in [1.29, 1.82) is 0 Å². The van der Waals surface area contributed by atoms with E-state index in [2.05, 4.69) is 32.5 Å². The Kier molecular flexibility index (Phi) is 14.7. The van der Waals surface area contributed by atoms with Crippen LogP contribution in [0.1, 0.15) is 52.0 Å². The fraction of sp³-hybridized carbons (Fsp3) is 0.613. The largest absolute Gasteiger partial charge is 0.449 e. The SMILES string of the molecule is CC(C)[C@H](NC(=O)OCCOCCNS(=O)(=O)NC(=O)OCC1[C@H]2CCC#CCC[C@@H]12)C(=O)N[C@@H](C)C(=O)Nc1ccc(CO)cc1. The number of carbonyl (C=O) groups excluding carboxylic acids is 4. The highest BCUT2D eigenvalue weighted by molar-refractivity contribution is 7.88. The van der Waals surface area contributed by atoms with Gasteiger partial charge in [0, 0.05) is 25.1 Å². The van der Waals surface area contributed by atoms with Gasteiger partial charge in [-0.25, -0.2) is 14.3 Å². The second-order valence-corrected chi connectivity index (χ2v) is 13.2. The molecule has 1 fully saturated rings. The number of rotatable bonds is 17. The molecule has 260 valence electrons. The summed E-state index contributed by atoms with van der Waals surface area (Å²) >= 11 is 0. The van der Waals surface area contributed by atoms with E-state index in [1.54, 1.807) is 38.1 Å². The third kappa shape index (κ3) is 13.0. The molecular formula is C31H45N5O10S. The highest BCUT2D eigenvalue weighted by atomic mass is 32.2. The standard InChI is InChI=1S/C31H45N5O10S/c1-20(2)27(29(39)33-21(3)28(38)34-23-12-10-22(18-37)11-13-23)35-30(40)45-17-16-44-15-14-32-47(42,43)36-31(41)46-19-26-24-8-6-4-5-7-9-25(24)26/h10-13,20-21,24-27,32,37H,6-9,14-19H2,1-3H3,(H,33,39)(H,34,38)(H,35,40)(H,36,41)/t21-,24-,25+,26?,27-/m0/s1. The fourth-order valence-corrected chi connectivity index (χ4v) is 5.89. The van der Waals surface area contributed by atoms with Crippen LogP contribution in [0.5, 0.6) is 0 Å². The molecule has 0 spiro atoms. The Morgan fingerprint density at radius 1 is 0.894 bits per heavy atom. The van der Waals surface area contributed by atoms with Crippen LogP contribution in [0.25, 0.3) is 0 Å². The minimum Gasteiger partial charge on any atom is -0.449 e. The Hall–Kier alpha value is -3.91. The number of hydrogen-bond donors (Lipinski definition) is 6. The molecule has 0 aliphatic heterocycles. The molecule has 4 amide bonds. The lowest BCUT2D eigenvalue weighted by Gasteiger charge is -2.23. The molecule has 6 N–H and O–H groups in total. The van der Waals surface area contributed by atoms with Gasteiger partial charge in [0.2, 0.25) is 11.8 Å². The van der Waals surface area contributed by atoms with Crippen LogP contribution in [0.4, 0.5) is 15.3 Å². The predicted octanol–water partition coefficient (Wildman–Crippen LogP) is 1.39. The Bertz CT molecular complexity index is 1380. The van der Waals surface area contributed by atoms with Crippen molar-refractivity contribution in [2.75, 3.05) is 38.3 Å². The second kappa shape index (κ2) is 18.4. The van der Waals surface area contributed by atoms with Gasteiger partial charge < -0.3 is 35.3 Å². The number of nitrogens with one attached hydrogen (secondary N) is 5. The number of anilines is 1. The molecule has 1 aromatic carbocycles. The molecule has 16 heteroatoms. The first-order chi connectivity index (χ1) is 22.4. The molecule has 0 radical (unpaired) electrons. The molecule has 1 unspecified atom stereocenters. The topological polar surface area (TPSA) is 210 Å². The zero-order valence-electron chi connectivity index (χ0n) is 26.9. The summed E-state index contributed by atoms with van der Waals surface area (Å²) in [6.07, 6.45) is 1.65. The van der Waals surface area contributed by atoms with Gasteiger partial charge in [-0.15, -0.1) is 11.8 Å². The van der Waals surface area contributed by atoms with Crippen molar-refractivity contribution >= 4 is 39.9 Å². The summed E-state index contributed by atoms with van der Waals surface area (Å²) in [7, 11) is -4.16. The minimum atomic E-state index is -4.16. The van der Waals surface area contributed by atoms with Crippen LogP contribution in [0.3, 0.4) is 0 Å². The van der Waals surface area contributed by atoms with E-state index < -0.39 is 46.3 Å². The van der Waals surface area contributed by atoms with E-state index in [4.69, 9.17) is 19.3 Å². The third-order valence-electron chi connectivity index (χ3n) is 7.84. The number of alkyl carbamates (subject to hydrolysis) is 1. The van der Waals surface area contributed by atoms with Crippen LogP contribution in [-0.4, -0.2) is 82.6 Å². The van der Waals surface area contributed by atoms with E-state index in [0.29, 0.717) is 23.1 Å². The van der Waals surface area contributed by atoms with E-state index in [-0.39, 0.29) is 51.4 Å². The number of ether oxygens (including phenoxy) is 3. The molecule has 1 saturated carbocycles. The van der Waals surface area contributed by atoms with Crippen molar-refractivity contribution in [3.05, 3.63) is 29.8 Å². The summed E-state index contributed by atoms with van der Waals surface area (Å²) in [6.45, 7) is 4.50. The molecule has 3 rings (SSSR count). The van der Waals surface area contributed by atoms with Gasteiger partial charge in [0.25, 0.3) is 0 Å². The third-order valence-corrected chi connectivity index (χ3v) is 8.86. The summed E-state index contributed by atoms with van der Waals surface area (Å²) in [5.74, 6) is 6.00. The van der Waals surface area contributed by atoms with Crippen molar-refractivity contribution in [3.63, 3.8) is 0 Å². The molecule has 47 heavy (non-hydrogen) atoms. The summed E-state index contributed by atoms with van der Waals surface area (Å²) in [6, 6.07) is 4.67. The number of hydrogen-bond acceptors (Lipinski definition) is 10. The molecule has 0 aromatic heterocycles. The van der Waals surface area contributed by atoms with Crippen molar-refractivity contribution in [2.24, 2.45) is 23.7 Å². The van der Waals surface area contributed by atoms with E-state index in [1.165, 1.54) is 6.92 Å². The van der Waals surface area contributed by atoms with Gasteiger partial charge in [-0.3, -0.25) is 9.59 Å². The normalized spacial score (nSPS) is 19.7. The predicted molar refractivity (Wildman–Crippen MR) is 171 cm³/mol. The summed E-state index contributed by atoms with van der Waals surface area (Å²) < 4.78 is 43.6. The number of carbonyl (C=O) groups is 4. The van der Waals surface area contributed by atoms with Crippen LogP contribution in [-0.2, 0) is 40.6 Å². The van der Waals surface area contributed by atoms with Gasteiger partial charge in [0.1, 0.15) is 18.7 Å². The van der Waals surface area contributed by atoms with Gasteiger partial charge in [0.05, 0.1) is 26.4 Å². The average molecular weight is 680 g/mol. The zero-order valence-corrected chi connectivity index (χ0v) is 27.7. The van der Waals surface area contributed by atoms with Gasteiger partial charge >= 0.3 is 22.4 Å². The lowest BCUT2D eigenvalue weighted by Crippen LogP contribution is -2.53. The quantitative estimate of drug-likeness (QED) is 0.103. The summed E-state index contributed by atoms with van der Waals surface area (Å²) in [4.78, 5) is 49.6. The molecule has 2 aliphatic carbocycles. The van der Waals surface area contributed by atoms with Gasteiger partial charge in [0.15, 0.2) is 0 Å². The molecule has 0 bridgehead atoms. The molecule has 0 saturated heterocycles. The van der Waals surface area contributed by atoms with Crippen molar-refractivity contribution in [1.82, 2.24) is 20.1 Å². The number of fused-ring (bicyclic) bond motifs is 1. The van der Waals surface area contributed by atoms with Gasteiger partial charge in [-0.05, 0) is 61.1 Å². The van der Waals surface area contributed by atoms with E-state index in [9.17, 15) is 27.6 Å². The maximum Gasteiger partial charge on any atom is 0.421 e. The first-order valence-electron chi connectivity index (χ1n) is 15.6. The monoisotopic (exact) mass is 679 g/mol. The summed E-state index contributed by atoms with van der Waals surface area (Å²) in [5.41, 5.74) is 1.18. The Balaban J connectivity index is 1.26. The maximum absolute atomic E-state index is 12.8. The minimum absolute atomic E-state index is 0.0611. The van der Waals surface area contributed by atoms with Crippen molar-refractivity contribution in [3.8, 4) is 11.8 Å². The van der Waals surface area contributed by atoms with E-state index >= 15 is 0 Å². The van der Waals surface area contributed by atoms with Crippen LogP contribution < -0.4 is 25.4 Å². The molecular weight excluding hydrogens is 634 g/mol. The highest BCUT2D eigenvalue weighted by Gasteiger charge is 2.49. The Morgan fingerprint density at radius 3 is 2.17 bits per heavy atom. The molecule has 0 heterocycles. The molecule has 1 aromatic rings. The smallest absolute Gasteiger partial charge is 0.421 e. The number of aliphatic hydroxyl groups is 1. The maximum atomic E-state index is 12.8. The van der Waals surface area contributed by atoms with Crippen LogP contribution in [0.15, 0.2) is 24.3 Å². The Morgan fingerprint density at radius 2 is 1.55 bits per heavy atom. The molecule has 2 aliphatic rings.